The third-order valence-corrected chi connectivity index (χ3v) is 3.95. The molecule has 3 aromatic rings. The first-order valence-electron chi connectivity index (χ1n) is 5.94. The molecule has 0 fully saturated rings. The number of para-hydroxylation sites is 1. The van der Waals surface area contributed by atoms with Gasteiger partial charge in [0.25, 0.3) is 0 Å². The van der Waals surface area contributed by atoms with Crippen LogP contribution in [0.2, 0.25) is 0 Å². The molecule has 0 bridgehead atoms. The summed E-state index contributed by atoms with van der Waals surface area (Å²) in [6, 6.07) is 11.7. The van der Waals surface area contributed by atoms with Crippen LogP contribution in [0.15, 0.2) is 54.2 Å². The zero-order valence-corrected chi connectivity index (χ0v) is 11.2. The van der Waals surface area contributed by atoms with Crippen LogP contribution in [0.3, 0.4) is 0 Å². The van der Waals surface area contributed by atoms with Crippen molar-refractivity contribution in [2.45, 2.75) is 6.92 Å². The van der Waals surface area contributed by atoms with Crippen molar-refractivity contribution in [2.24, 2.45) is 0 Å². The number of aromatic nitrogens is 2. The minimum atomic E-state index is 0.0367. The SMILES string of the molecule is Cc1ccsc1C(=O)c1cnn(-c2ccccc2)c1. The van der Waals surface area contributed by atoms with E-state index >= 15 is 0 Å². The van der Waals surface area contributed by atoms with Gasteiger partial charge in [-0.1, -0.05) is 18.2 Å². The summed E-state index contributed by atoms with van der Waals surface area (Å²) in [6.07, 6.45) is 3.39. The van der Waals surface area contributed by atoms with Crippen molar-refractivity contribution in [2.75, 3.05) is 0 Å². The van der Waals surface area contributed by atoms with E-state index in [1.807, 2.05) is 48.7 Å². The third-order valence-electron chi connectivity index (χ3n) is 2.93. The summed E-state index contributed by atoms with van der Waals surface area (Å²) >= 11 is 1.47. The molecule has 0 N–H and O–H groups in total. The second-order valence-electron chi connectivity index (χ2n) is 4.27. The molecule has 94 valence electrons. The smallest absolute Gasteiger partial charge is 0.206 e. The van der Waals surface area contributed by atoms with Gasteiger partial charge in [-0.2, -0.15) is 5.10 Å². The molecule has 0 aliphatic heterocycles. The van der Waals surface area contributed by atoms with E-state index in [1.54, 1.807) is 17.1 Å². The van der Waals surface area contributed by atoms with E-state index in [4.69, 9.17) is 0 Å². The maximum atomic E-state index is 12.3. The lowest BCUT2D eigenvalue weighted by molar-refractivity contribution is 0.104. The van der Waals surface area contributed by atoms with E-state index in [1.165, 1.54) is 11.3 Å². The Bertz CT molecular complexity index is 713. The van der Waals surface area contributed by atoms with Gasteiger partial charge in [0.1, 0.15) is 0 Å². The minimum Gasteiger partial charge on any atom is -0.288 e. The lowest BCUT2D eigenvalue weighted by Gasteiger charge is -1.99. The molecule has 0 aliphatic carbocycles. The maximum absolute atomic E-state index is 12.3. The molecular formula is C15H12N2OS. The number of rotatable bonds is 3. The second kappa shape index (κ2) is 4.82. The fourth-order valence-electron chi connectivity index (χ4n) is 1.90. The van der Waals surface area contributed by atoms with E-state index < -0.39 is 0 Å². The van der Waals surface area contributed by atoms with Crippen molar-refractivity contribution in [3.8, 4) is 5.69 Å². The molecule has 19 heavy (non-hydrogen) atoms. The molecule has 2 heterocycles. The number of nitrogens with zero attached hydrogens (tertiary/aromatic N) is 2. The van der Waals surface area contributed by atoms with Gasteiger partial charge in [0.15, 0.2) is 0 Å². The Labute approximate surface area is 115 Å². The molecule has 0 saturated heterocycles. The Morgan fingerprint density at radius 3 is 2.68 bits per heavy atom. The van der Waals surface area contributed by atoms with E-state index in [9.17, 15) is 4.79 Å². The fourth-order valence-corrected chi connectivity index (χ4v) is 2.79. The Morgan fingerprint density at radius 1 is 1.21 bits per heavy atom. The second-order valence-corrected chi connectivity index (χ2v) is 5.19. The van der Waals surface area contributed by atoms with Crippen LogP contribution in [0, 0.1) is 6.92 Å². The lowest BCUT2D eigenvalue weighted by Crippen LogP contribution is -1.99. The highest BCUT2D eigenvalue weighted by molar-refractivity contribution is 7.12. The van der Waals surface area contributed by atoms with Gasteiger partial charge in [-0.05, 0) is 36.1 Å². The summed E-state index contributed by atoms with van der Waals surface area (Å²) in [5.74, 6) is 0.0367. The molecule has 4 heteroatoms. The normalized spacial score (nSPS) is 10.6. The first-order chi connectivity index (χ1) is 9.25. The van der Waals surface area contributed by atoms with E-state index in [-0.39, 0.29) is 5.78 Å². The van der Waals surface area contributed by atoms with Gasteiger partial charge in [-0.3, -0.25) is 4.79 Å². The zero-order chi connectivity index (χ0) is 13.2. The van der Waals surface area contributed by atoms with E-state index in [2.05, 4.69) is 5.10 Å². The Morgan fingerprint density at radius 2 is 2.00 bits per heavy atom. The van der Waals surface area contributed by atoms with Gasteiger partial charge in [0, 0.05) is 6.20 Å². The van der Waals surface area contributed by atoms with Crippen LogP contribution >= 0.6 is 11.3 Å². The first-order valence-corrected chi connectivity index (χ1v) is 6.82. The molecular weight excluding hydrogens is 256 g/mol. The standard InChI is InChI=1S/C15H12N2OS/c1-11-7-8-19-15(11)14(18)12-9-16-17(10-12)13-5-3-2-4-6-13/h2-10H,1H3. The topological polar surface area (TPSA) is 34.9 Å². The van der Waals surface area contributed by atoms with Crippen molar-refractivity contribution in [1.29, 1.82) is 0 Å². The van der Waals surface area contributed by atoms with Crippen LogP contribution in [0.1, 0.15) is 20.8 Å². The predicted molar refractivity (Wildman–Crippen MR) is 76.1 cm³/mol. The predicted octanol–water partition coefficient (Wildman–Crippen LogP) is 3.47. The molecule has 2 aromatic heterocycles. The number of hydrogen-bond acceptors (Lipinski definition) is 3. The summed E-state index contributed by atoms with van der Waals surface area (Å²) in [6.45, 7) is 1.95. The average Bonchev–Trinajstić information content (AvgIpc) is 3.08. The quantitative estimate of drug-likeness (QED) is 0.682. The summed E-state index contributed by atoms with van der Waals surface area (Å²) in [7, 11) is 0. The molecule has 0 atom stereocenters. The number of ketones is 1. The number of hydrogen-bond donors (Lipinski definition) is 0. The summed E-state index contributed by atoms with van der Waals surface area (Å²) in [5, 5.41) is 6.18. The molecule has 0 unspecified atom stereocenters. The van der Waals surface area contributed by atoms with Crippen molar-refractivity contribution >= 4 is 17.1 Å². The maximum Gasteiger partial charge on any atom is 0.206 e. The van der Waals surface area contributed by atoms with Crippen LogP contribution in [0.25, 0.3) is 5.69 Å². The molecule has 0 radical (unpaired) electrons. The van der Waals surface area contributed by atoms with Crippen LogP contribution in [0.4, 0.5) is 0 Å². The third kappa shape index (κ3) is 2.22. The summed E-state index contributed by atoms with van der Waals surface area (Å²) < 4.78 is 1.72. The Hall–Kier alpha value is -2.20. The number of aryl methyl sites for hydroxylation is 1. The van der Waals surface area contributed by atoms with Crippen LogP contribution < -0.4 is 0 Å². The molecule has 0 aliphatic rings. The van der Waals surface area contributed by atoms with Crippen LogP contribution in [-0.2, 0) is 0 Å². The largest absolute Gasteiger partial charge is 0.288 e. The molecule has 1 aromatic carbocycles. The van der Waals surface area contributed by atoms with Crippen LogP contribution in [0.5, 0.6) is 0 Å². The zero-order valence-electron chi connectivity index (χ0n) is 10.4. The molecule has 0 amide bonds. The molecule has 0 spiro atoms. The fraction of sp³-hybridized carbons (Fsp3) is 0.0667. The Kier molecular flexibility index (Phi) is 3.01. The van der Waals surface area contributed by atoms with Gasteiger partial charge >= 0.3 is 0 Å². The monoisotopic (exact) mass is 268 g/mol. The highest BCUT2D eigenvalue weighted by Crippen LogP contribution is 2.20. The highest BCUT2D eigenvalue weighted by atomic mass is 32.1. The van der Waals surface area contributed by atoms with Gasteiger partial charge in [0.05, 0.1) is 22.3 Å². The van der Waals surface area contributed by atoms with E-state index in [0.717, 1.165) is 16.1 Å². The summed E-state index contributed by atoms with van der Waals surface area (Å²) in [4.78, 5) is 13.1. The van der Waals surface area contributed by atoms with Gasteiger partial charge in [-0.25, -0.2) is 4.68 Å². The molecule has 3 rings (SSSR count). The number of carbonyl (C=O) groups is 1. The van der Waals surface area contributed by atoms with Crippen molar-refractivity contribution in [3.05, 3.63) is 70.2 Å². The van der Waals surface area contributed by atoms with Crippen molar-refractivity contribution in [1.82, 2.24) is 9.78 Å². The van der Waals surface area contributed by atoms with Gasteiger partial charge in [-0.15, -0.1) is 11.3 Å². The number of benzene rings is 1. The summed E-state index contributed by atoms with van der Waals surface area (Å²) in [5.41, 5.74) is 2.58. The Balaban J connectivity index is 1.94. The first kappa shape index (κ1) is 11.9. The van der Waals surface area contributed by atoms with Gasteiger partial charge in [0.2, 0.25) is 5.78 Å². The molecule has 3 nitrogen and oxygen atoms in total. The van der Waals surface area contributed by atoms with Crippen molar-refractivity contribution < 1.29 is 4.79 Å². The average molecular weight is 268 g/mol. The number of carbonyl (C=O) groups excluding carboxylic acids is 1. The minimum absolute atomic E-state index is 0.0367. The van der Waals surface area contributed by atoms with E-state index in [0.29, 0.717) is 5.56 Å². The number of thiophene rings is 1. The molecule has 0 saturated carbocycles. The lowest BCUT2D eigenvalue weighted by atomic mass is 10.1. The highest BCUT2D eigenvalue weighted by Gasteiger charge is 2.15. The van der Waals surface area contributed by atoms with Gasteiger partial charge < -0.3 is 0 Å². The van der Waals surface area contributed by atoms with Crippen LogP contribution in [-0.4, -0.2) is 15.6 Å². The van der Waals surface area contributed by atoms with Crippen molar-refractivity contribution in [3.63, 3.8) is 0 Å².